The molecule has 1 amide bonds. The van der Waals surface area contributed by atoms with Gasteiger partial charge in [-0.15, -0.1) is 0 Å². The highest BCUT2D eigenvalue weighted by Crippen LogP contribution is 2.30. The van der Waals surface area contributed by atoms with Gasteiger partial charge in [0.15, 0.2) is 0 Å². The summed E-state index contributed by atoms with van der Waals surface area (Å²) in [6.45, 7) is 2.05. The number of nitrogens with two attached hydrogens (primary N) is 1. The van der Waals surface area contributed by atoms with Gasteiger partial charge in [-0.2, -0.15) is 0 Å². The van der Waals surface area contributed by atoms with Crippen LogP contribution >= 0.6 is 0 Å². The Balaban J connectivity index is 1.36. The van der Waals surface area contributed by atoms with Gasteiger partial charge < -0.3 is 20.9 Å². The van der Waals surface area contributed by atoms with Crippen LogP contribution in [0.4, 0.5) is 23.0 Å². The summed E-state index contributed by atoms with van der Waals surface area (Å²) in [5.74, 6) is 0.293. The van der Waals surface area contributed by atoms with Crippen molar-refractivity contribution in [3.05, 3.63) is 96.8 Å². The van der Waals surface area contributed by atoms with Gasteiger partial charge in [0.2, 0.25) is 5.95 Å². The number of amides is 1. The molecule has 182 valence electrons. The van der Waals surface area contributed by atoms with Crippen LogP contribution in [0.2, 0.25) is 0 Å². The number of hydrogen-bond acceptors (Lipinski definition) is 6. The summed E-state index contributed by atoms with van der Waals surface area (Å²) in [4.78, 5) is 26.8. The Morgan fingerprint density at radius 3 is 2.22 bits per heavy atom. The van der Waals surface area contributed by atoms with Crippen molar-refractivity contribution >= 4 is 28.9 Å². The molecule has 0 radical (unpaired) electrons. The number of hydrogen-bond donors (Lipinski definition) is 2. The maximum absolute atomic E-state index is 13.0. The molecule has 0 unspecified atom stereocenters. The fourth-order valence-corrected chi connectivity index (χ4v) is 4.56. The standard InChI is InChI=1S/C29H30N6O/c1-34-16-14-25(15-17-34)35(24-10-6-3-7-11-24)29-31-19-23(20-32-29)28(36)33-27-18-22(12-13-26(27)30)21-8-4-2-5-9-21/h2-13,18-20,25H,14-17,30H2,1H3,(H,33,36). The fourth-order valence-electron chi connectivity index (χ4n) is 4.56. The van der Waals surface area contributed by atoms with Crippen LogP contribution in [0.25, 0.3) is 11.1 Å². The Kier molecular flexibility index (Phi) is 6.91. The second-order valence-electron chi connectivity index (χ2n) is 9.13. The highest BCUT2D eigenvalue weighted by atomic mass is 16.1. The number of carbonyl (C=O) groups is 1. The lowest BCUT2D eigenvalue weighted by molar-refractivity contribution is 0.102. The molecule has 1 aromatic heterocycles. The number of rotatable bonds is 6. The molecule has 0 atom stereocenters. The number of nitrogens with one attached hydrogen (secondary N) is 1. The first-order chi connectivity index (χ1) is 17.6. The minimum Gasteiger partial charge on any atom is -0.397 e. The van der Waals surface area contributed by atoms with Crippen molar-refractivity contribution in [1.82, 2.24) is 14.9 Å². The Morgan fingerprint density at radius 2 is 1.56 bits per heavy atom. The van der Waals surface area contributed by atoms with Crippen molar-refractivity contribution in [2.45, 2.75) is 18.9 Å². The lowest BCUT2D eigenvalue weighted by atomic mass is 10.0. The van der Waals surface area contributed by atoms with Crippen molar-refractivity contribution < 1.29 is 4.79 Å². The van der Waals surface area contributed by atoms with E-state index in [1.54, 1.807) is 18.5 Å². The number of carbonyl (C=O) groups excluding carboxylic acids is 1. The minimum atomic E-state index is -0.302. The third kappa shape index (κ3) is 5.21. The Hall–Kier alpha value is -4.23. The van der Waals surface area contributed by atoms with E-state index in [0.717, 1.165) is 42.7 Å². The Morgan fingerprint density at radius 1 is 0.917 bits per heavy atom. The molecule has 5 rings (SSSR count). The summed E-state index contributed by atoms with van der Waals surface area (Å²) in [6, 6.07) is 26.1. The molecule has 0 bridgehead atoms. The highest BCUT2D eigenvalue weighted by molar-refractivity contribution is 6.05. The smallest absolute Gasteiger partial charge is 0.258 e. The van der Waals surface area contributed by atoms with Gasteiger partial charge in [-0.1, -0.05) is 54.6 Å². The molecule has 7 heteroatoms. The zero-order chi connectivity index (χ0) is 24.9. The van der Waals surface area contributed by atoms with Crippen LogP contribution in [0.1, 0.15) is 23.2 Å². The molecule has 0 saturated carbocycles. The van der Waals surface area contributed by atoms with Gasteiger partial charge in [0.1, 0.15) is 0 Å². The normalized spacial score (nSPS) is 14.4. The van der Waals surface area contributed by atoms with Gasteiger partial charge in [0, 0.05) is 24.1 Å². The Bertz CT molecular complexity index is 1300. The third-order valence-electron chi connectivity index (χ3n) is 6.61. The number of piperidine rings is 1. The maximum Gasteiger partial charge on any atom is 0.258 e. The SMILES string of the molecule is CN1CCC(N(c2ccccc2)c2ncc(C(=O)Nc3cc(-c4ccccc4)ccc3N)cn2)CC1. The van der Waals surface area contributed by atoms with Crippen molar-refractivity contribution in [2.24, 2.45) is 0 Å². The van der Waals surface area contributed by atoms with Gasteiger partial charge in [-0.3, -0.25) is 4.79 Å². The summed E-state index contributed by atoms with van der Waals surface area (Å²) < 4.78 is 0. The van der Waals surface area contributed by atoms with Crippen LogP contribution in [-0.4, -0.2) is 47.0 Å². The first-order valence-corrected chi connectivity index (χ1v) is 12.2. The zero-order valence-corrected chi connectivity index (χ0v) is 20.3. The number of likely N-dealkylation sites (tertiary alicyclic amines) is 1. The van der Waals surface area contributed by atoms with Gasteiger partial charge in [0.05, 0.1) is 16.9 Å². The lowest BCUT2D eigenvalue weighted by Crippen LogP contribution is -2.42. The van der Waals surface area contributed by atoms with Crippen LogP contribution in [0.3, 0.4) is 0 Å². The molecule has 1 aliphatic heterocycles. The average Bonchev–Trinajstić information content (AvgIpc) is 2.92. The van der Waals surface area contributed by atoms with Gasteiger partial charge in [-0.25, -0.2) is 9.97 Å². The summed E-state index contributed by atoms with van der Waals surface area (Å²) in [6.07, 6.45) is 5.21. The largest absolute Gasteiger partial charge is 0.397 e. The second kappa shape index (κ2) is 10.6. The molecule has 1 fully saturated rings. The molecule has 1 aliphatic rings. The van der Waals surface area contributed by atoms with Crippen molar-refractivity contribution in [1.29, 1.82) is 0 Å². The van der Waals surface area contributed by atoms with E-state index in [1.807, 2.05) is 60.7 Å². The monoisotopic (exact) mass is 478 g/mol. The molecule has 7 nitrogen and oxygen atoms in total. The number of nitrogens with zero attached hydrogens (tertiary/aromatic N) is 4. The Labute approximate surface area is 211 Å². The van der Waals surface area contributed by atoms with Crippen LogP contribution in [0, 0.1) is 0 Å². The van der Waals surface area contributed by atoms with Gasteiger partial charge >= 0.3 is 0 Å². The summed E-state index contributed by atoms with van der Waals surface area (Å²) in [7, 11) is 2.15. The van der Waals surface area contributed by atoms with E-state index in [2.05, 4.69) is 44.3 Å². The lowest BCUT2D eigenvalue weighted by Gasteiger charge is -2.37. The molecular formula is C29H30N6O. The van der Waals surface area contributed by atoms with E-state index < -0.39 is 0 Å². The molecule has 4 aromatic rings. The third-order valence-corrected chi connectivity index (χ3v) is 6.61. The molecule has 0 aliphatic carbocycles. The highest BCUT2D eigenvalue weighted by Gasteiger charge is 2.26. The summed E-state index contributed by atoms with van der Waals surface area (Å²) in [5, 5.41) is 2.92. The zero-order valence-electron chi connectivity index (χ0n) is 20.3. The van der Waals surface area contributed by atoms with Crippen LogP contribution in [0.15, 0.2) is 91.3 Å². The van der Waals surface area contributed by atoms with Crippen molar-refractivity contribution in [3.8, 4) is 11.1 Å². The van der Waals surface area contributed by atoms with Crippen LogP contribution in [0.5, 0.6) is 0 Å². The molecule has 0 spiro atoms. The summed E-state index contributed by atoms with van der Waals surface area (Å²) >= 11 is 0. The van der Waals surface area contributed by atoms with E-state index in [1.165, 1.54) is 0 Å². The molecule has 3 N–H and O–H groups in total. The summed E-state index contributed by atoms with van der Waals surface area (Å²) in [5.41, 5.74) is 10.7. The van der Waals surface area contributed by atoms with E-state index in [0.29, 0.717) is 28.9 Å². The van der Waals surface area contributed by atoms with Gasteiger partial charge in [0.25, 0.3) is 5.91 Å². The number of benzene rings is 3. The van der Waals surface area contributed by atoms with E-state index in [-0.39, 0.29) is 5.91 Å². The van der Waals surface area contributed by atoms with E-state index in [4.69, 9.17) is 5.73 Å². The van der Waals surface area contributed by atoms with Crippen LogP contribution < -0.4 is 16.0 Å². The first-order valence-electron chi connectivity index (χ1n) is 12.2. The first kappa shape index (κ1) is 23.5. The number of anilines is 4. The molecule has 1 saturated heterocycles. The molecule has 36 heavy (non-hydrogen) atoms. The number of para-hydroxylation sites is 1. The predicted molar refractivity (Wildman–Crippen MR) is 145 cm³/mol. The van der Waals surface area contributed by atoms with Crippen molar-refractivity contribution in [2.75, 3.05) is 36.1 Å². The maximum atomic E-state index is 13.0. The second-order valence-corrected chi connectivity index (χ2v) is 9.13. The van der Waals surface area contributed by atoms with Gasteiger partial charge in [-0.05, 0) is 68.4 Å². The molecular weight excluding hydrogens is 448 g/mol. The van der Waals surface area contributed by atoms with E-state index >= 15 is 0 Å². The predicted octanol–water partition coefficient (Wildman–Crippen LogP) is 5.21. The topological polar surface area (TPSA) is 87.4 Å². The molecule has 2 heterocycles. The minimum absolute atomic E-state index is 0.295. The quantitative estimate of drug-likeness (QED) is 0.370. The molecule has 3 aromatic carbocycles. The fraction of sp³-hybridized carbons (Fsp3) is 0.207. The number of aromatic nitrogens is 2. The van der Waals surface area contributed by atoms with E-state index in [9.17, 15) is 4.79 Å². The average molecular weight is 479 g/mol. The van der Waals surface area contributed by atoms with Crippen LogP contribution in [-0.2, 0) is 0 Å². The van der Waals surface area contributed by atoms with Crippen molar-refractivity contribution in [3.63, 3.8) is 0 Å². The number of nitrogen functional groups attached to an aromatic ring is 1.